The molecule has 2 rings (SSSR count). The van der Waals surface area contributed by atoms with Gasteiger partial charge in [0.2, 0.25) is 0 Å². The maximum absolute atomic E-state index is 11.9. The number of hydrogen-bond acceptors (Lipinski definition) is 6. The number of Topliss-reactive ketones (excluding diaryl/α,β-unsaturated/α-hetero) is 1. The smallest absolute Gasteiger partial charge is 0.303 e. The van der Waals surface area contributed by atoms with Crippen molar-refractivity contribution in [1.29, 1.82) is 0 Å². The van der Waals surface area contributed by atoms with Gasteiger partial charge >= 0.3 is 5.97 Å². The van der Waals surface area contributed by atoms with Crippen LogP contribution in [0.25, 0.3) is 11.0 Å². The summed E-state index contributed by atoms with van der Waals surface area (Å²) < 4.78 is 0. The van der Waals surface area contributed by atoms with Gasteiger partial charge in [-0.05, 0) is 31.5 Å². The van der Waals surface area contributed by atoms with Crippen LogP contribution in [-0.2, 0) is 16.0 Å². The van der Waals surface area contributed by atoms with Crippen LogP contribution in [0.15, 0.2) is 12.1 Å². The number of nitrogens with zero attached hydrogens (tertiary/aromatic N) is 2. The number of carbonyl (C=O) groups is 2. The maximum atomic E-state index is 11.9. The monoisotopic (exact) mass is 364 g/mol. The zero-order valence-corrected chi connectivity index (χ0v) is 15.0. The Bertz CT molecular complexity index is 795. The zero-order valence-electron chi connectivity index (χ0n) is 14.2. The van der Waals surface area contributed by atoms with Crippen LogP contribution in [0.2, 0.25) is 5.02 Å². The van der Waals surface area contributed by atoms with Crippen LogP contribution in [0.5, 0.6) is 0 Å². The summed E-state index contributed by atoms with van der Waals surface area (Å²) in [5.41, 5.74) is 1.88. The summed E-state index contributed by atoms with van der Waals surface area (Å²) in [5, 5.41) is 15.4. The first-order valence-corrected chi connectivity index (χ1v) is 8.53. The van der Waals surface area contributed by atoms with Crippen LogP contribution in [0.1, 0.15) is 32.3 Å². The predicted octanol–water partition coefficient (Wildman–Crippen LogP) is 3.12. The molecule has 0 aliphatic rings. The van der Waals surface area contributed by atoms with Crippen molar-refractivity contribution in [2.45, 2.75) is 33.1 Å². The van der Waals surface area contributed by atoms with E-state index in [1.807, 2.05) is 13.8 Å². The molecule has 0 radical (unpaired) electrons. The number of carboxylic acids is 1. The molecule has 0 spiro atoms. The van der Waals surface area contributed by atoms with E-state index in [4.69, 9.17) is 16.7 Å². The number of anilines is 2. The molecule has 8 heteroatoms. The van der Waals surface area contributed by atoms with E-state index in [2.05, 4.69) is 20.6 Å². The minimum absolute atomic E-state index is 0.0165. The lowest BCUT2D eigenvalue weighted by molar-refractivity contribution is -0.138. The summed E-state index contributed by atoms with van der Waals surface area (Å²) in [4.78, 5) is 31.6. The Balaban J connectivity index is 2.34. The van der Waals surface area contributed by atoms with Crippen molar-refractivity contribution in [3.05, 3.63) is 22.7 Å². The third-order valence-corrected chi connectivity index (χ3v) is 3.88. The Labute approximate surface area is 150 Å². The lowest BCUT2D eigenvalue weighted by Gasteiger charge is -2.12. The molecular formula is C17H21ClN4O3. The molecule has 0 unspecified atom stereocenters. The summed E-state index contributed by atoms with van der Waals surface area (Å²) in [6.45, 7) is 5.35. The Hall–Kier alpha value is -2.41. The highest BCUT2D eigenvalue weighted by Crippen LogP contribution is 2.27. The minimum atomic E-state index is -0.991. The molecule has 0 aliphatic heterocycles. The Morgan fingerprint density at radius 1 is 1.04 bits per heavy atom. The fourth-order valence-electron chi connectivity index (χ4n) is 2.38. The number of ketones is 1. The van der Waals surface area contributed by atoms with Gasteiger partial charge in [0.15, 0.2) is 11.6 Å². The van der Waals surface area contributed by atoms with Gasteiger partial charge in [0.05, 0.1) is 17.5 Å². The molecule has 0 aliphatic carbocycles. The van der Waals surface area contributed by atoms with Gasteiger partial charge in [-0.1, -0.05) is 11.6 Å². The van der Waals surface area contributed by atoms with E-state index < -0.39 is 5.97 Å². The molecule has 7 nitrogen and oxygen atoms in total. The molecule has 25 heavy (non-hydrogen) atoms. The summed E-state index contributed by atoms with van der Waals surface area (Å²) >= 11 is 6.27. The number of aliphatic carboxylic acids is 1. The van der Waals surface area contributed by atoms with Crippen molar-refractivity contribution >= 4 is 46.0 Å². The first-order chi connectivity index (χ1) is 11.9. The number of rotatable bonds is 9. The van der Waals surface area contributed by atoms with Crippen molar-refractivity contribution in [2.24, 2.45) is 0 Å². The van der Waals surface area contributed by atoms with Gasteiger partial charge in [0.25, 0.3) is 0 Å². The zero-order chi connectivity index (χ0) is 18.4. The minimum Gasteiger partial charge on any atom is -0.481 e. The summed E-state index contributed by atoms with van der Waals surface area (Å²) in [5.74, 6) is 0.128. The van der Waals surface area contributed by atoms with Crippen molar-refractivity contribution in [3.63, 3.8) is 0 Å². The van der Waals surface area contributed by atoms with Crippen LogP contribution in [0.4, 0.5) is 11.6 Å². The average Bonchev–Trinajstić information content (AvgIpc) is 2.55. The number of carbonyl (C=O) groups excluding carboxylic acids is 1. The van der Waals surface area contributed by atoms with Gasteiger partial charge in [-0.15, -0.1) is 0 Å². The lowest BCUT2D eigenvalue weighted by Crippen LogP contribution is -2.09. The molecule has 0 bridgehead atoms. The standard InChI is InChI=1S/C17H21ClN4O3/c1-3-19-16-17(20-4-2)22-14-9-12(18)10(8-13(14)21-16)7-11(23)5-6-15(24)25/h8-9H,3-7H2,1-2H3,(H,19,21)(H,20,22)(H,24,25). The first kappa shape index (κ1) is 18.9. The fraction of sp³-hybridized carbons (Fsp3) is 0.412. The lowest BCUT2D eigenvalue weighted by atomic mass is 10.0. The molecule has 2 aromatic rings. The predicted molar refractivity (Wildman–Crippen MR) is 98.5 cm³/mol. The van der Waals surface area contributed by atoms with E-state index >= 15 is 0 Å². The molecule has 134 valence electrons. The van der Waals surface area contributed by atoms with E-state index in [1.165, 1.54) is 0 Å². The van der Waals surface area contributed by atoms with Crippen molar-refractivity contribution < 1.29 is 14.7 Å². The van der Waals surface area contributed by atoms with E-state index in [0.29, 0.717) is 46.3 Å². The van der Waals surface area contributed by atoms with Crippen LogP contribution < -0.4 is 10.6 Å². The first-order valence-electron chi connectivity index (χ1n) is 8.16. The molecule has 0 atom stereocenters. The van der Waals surface area contributed by atoms with E-state index in [0.717, 1.165) is 0 Å². The molecular weight excluding hydrogens is 344 g/mol. The van der Waals surface area contributed by atoms with Crippen LogP contribution >= 0.6 is 11.6 Å². The summed E-state index contributed by atoms with van der Waals surface area (Å²) in [7, 11) is 0. The van der Waals surface area contributed by atoms with Gasteiger partial charge in [-0.2, -0.15) is 0 Å². The van der Waals surface area contributed by atoms with Crippen molar-refractivity contribution in [2.75, 3.05) is 23.7 Å². The second kappa shape index (κ2) is 8.62. The molecule has 1 aromatic carbocycles. The van der Waals surface area contributed by atoms with Gasteiger partial charge in [-0.3, -0.25) is 9.59 Å². The molecule has 3 N–H and O–H groups in total. The summed E-state index contributed by atoms with van der Waals surface area (Å²) in [6.07, 6.45) is -0.118. The maximum Gasteiger partial charge on any atom is 0.303 e. The number of hydrogen-bond donors (Lipinski definition) is 3. The highest BCUT2D eigenvalue weighted by Gasteiger charge is 2.14. The Morgan fingerprint density at radius 3 is 2.12 bits per heavy atom. The molecule has 0 fully saturated rings. The Morgan fingerprint density at radius 2 is 1.60 bits per heavy atom. The second-order valence-corrected chi connectivity index (χ2v) is 5.93. The molecule has 0 saturated heterocycles. The van der Waals surface area contributed by atoms with Gasteiger partial charge in [0, 0.05) is 31.0 Å². The second-order valence-electron chi connectivity index (χ2n) is 5.52. The highest BCUT2D eigenvalue weighted by atomic mass is 35.5. The van der Waals surface area contributed by atoms with Gasteiger partial charge in [0.1, 0.15) is 5.78 Å². The molecule has 1 heterocycles. The van der Waals surface area contributed by atoms with Gasteiger partial charge < -0.3 is 15.7 Å². The Kier molecular flexibility index (Phi) is 6.52. The largest absolute Gasteiger partial charge is 0.481 e. The molecule has 1 aromatic heterocycles. The van der Waals surface area contributed by atoms with Crippen molar-refractivity contribution in [3.8, 4) is 0 Å². The third kappa shape index (κ3) is 5.03. The number of benzene rings is 1. The average molecular weight is 365 g/mol. The van der Waals surface area contributed by atoms with E-state index in [1.54, 1.807) is 12.1 Å². The highest BCUT2D eigenvalue weighted by molar-refractivity contribution is 6.32. The number of halogens is 1. The molecule has 0 amide bonds. The fourth-order valence-corrected chi connectivity index (χ4v) is 2.61. The van der Waals surface area contributed by atoms with Crippen LogP contribution in [-0.4, -0.2) is 39.9 Å². The van der Waals surface area contributed by atoms with Crippen LogP contribution in [0.3, 0.4) is 0 Å². The quantitative estimate of drug-likeness (QED) is 0.627. The molecule has 0 saturated carbocycles. The SMILES string of the molecule is CCNc1nc2cc(Cl)c(CC(=O)CCC(=O)O)cc2nc1NCC. The van der Waals surface area contributed by atoms with Crippen LogP contribution in [0, 0.1) is 0 Å². The number of nitrogens with one attached hydrogen (secondary N) is 2. The third-order valence-electron chi connectivity index (χ3n) is 3.53. The normalized spacial score (nSPS) is 10.7. The van der Waals surface area contributed by atoms with Gasteiger partial charge in [-0.25, -0.2) is 9.97 Å². The number of aromatic nitrogens is 2. The number of fused-ring (bicyclic) bond motifs is 1. The van der Waals surface area contributed by atoms with Crippen molar-refractivity contribution in [1.82, 2.24) is 9.97 Å². The summed E-state index contributed by atoms with van der Waals surface area (Å²) in [6, 6.07) is 3.42. The van der Waals surface area contributed by atoms with E-state index in [9.17, 15) is 9.59 Å². The topological polar surface area (TPSA) is 104 Å². The van der Waals surface area contributed by atoms with E-state index in [-0.39, 0.29) is 25.0 Å². The number of carboxylic acid groups (broad SMARTS) is 1.